The summed E-state index contributed by atoms with van der Waals surface area (Å²) < 4.78 is 28.6. The summed E-state index contributed by atoms with van der Waals surface area (Å²) in [6.07, 6.45) is 0.999. The van der Waals surface area contributed by atoms with E-state index in [9.17, 15) is 18.0 Å². The van der Waals surface area contributed by atoms with Crippen molar-refractivity contribution in [1.82, 2.24) is 10.2 Å². The molecule has 0 saturated carbocycles. The van der Waals surface area contributed by atoms with Crippen LogP contribution in [0.5, 0.6) is 0 Å². The van der Waals surface area contributed by atoms with Crippen molar-refractivity contribution in [3.8, 4) is 0 Å². The Kier molecular flexibility index (Phi) is 11.5. The third-order valence-corrected chi connectivity index (χ3v) is 8.98. The Morgan fingerprint density at radius 3 is 2.10 bits per heavy atom. The molecule has 3 aromatic rings. The number of anilines is 1. The van der Waals surface area contributed by atoms with Crippen molar-refractivity contribution in [2.24, 2.45) is 0 Å². The average molecular weight is 645 g/mol. The molecule has 2 amide bonds. The molecule has 3 aromatic carbocycles. The van der Waals surface area contributed by atoms with Gasteiger partial charge in [0.2, 0.25) is 11.8 Å². The maximum absolute atomic E-state index is 14.0. The molecule has 3 rings (SSSR count). The highest BCUT2D eigenvalue weighted by molar-refractivity contribution is 7.92. The molecule has 214 valence electrons. The predicted molar refractivity (Wildman–Crippen MR) is 162 cm³/mol. The smallest absolute Gasteiger partial charge is 0.264 e. The summed E-state index contributed by atoms with van der Waals surface area (Å²) in [5.74, 6) is -0.957. The number of nitrogens with zero attached hydrogens (tertiary/aromatic N) is 2. The highest BCUT2D eigenvalue weighted by Crippen LogP contribution is 2.30. The number of hydrogen-bond donors (Lipinski definition) is 1. The monoisotopic (exact) mass is 643 g/mol. The summed E-state index contributed by atoms with van der Waals surface area (Å²) in [5.41, 5.74) is 0.723. The quantitative estimate of drug-likeness (QED) is 0.234. The summed E-state index contributed by atoms with van der Waals surface area (Å²) in [5, 5.41) is 3.86. The van der Waals surface area contributed by atoms with Crippen LogP contribution in [0.2, 0.25) is 20.1 Å². The first-order chi connectivity index (χ1) is 19.0. The Morgan fingerprint density at radius 2 is 1.52 bits per heavy atom. The topological polar surface area (TPSA) is 86.8 Å². The van der Waals surface area contributed by atoms with E-state index in [1.165, 1.54) is 35.2 Å². The molecule has 12 heteroatoms. The number of carbonyl (C=O) groups is 2. The predicted octanol–water partition coefficient (Wildman–Crippen LogP) is 6.83. The van der Waals surface area contributed by atoms with E-state index < -0.39 is 28.5 Å². The summed E-state index contributed by atoms with van der Waals surface area (Å²) in [4.78, 5) is 28.5. The van der Waals surface area contributed by atoms with E-state index >= 15 is 0 Å². The third-order valence-electron chi connectivity index (χ3n) is 6.02. The van der Waals surface area contributed by atoms with Crippen LogP contribution in [0.1, 0.15) is 32.3 Å². The summed E-state index contributed by atoms with van der Waals surface area (Å²) >= 11 is 24.7. The zero-order valence-corrected chi connectivity index (χ0v) is 25.8. The van der Waals surface area contributed by atoms with Gasteiger partial charge in [-0.05, 0) is 60.9 Å². The molecule has 0 fully saturated rings. The zero-order chi connectivity index (χ0) is 29.4. The van der Waals surface area contributed by atoms with Gasteiger partial charge in [0.15, 0.2) is 0 Å². The van der Waals surface area contributed by atoms with Crippen LogP contribution in [0.4, 0.5) is 5.69 Å². The fourth-order valence-electron chi connectivity index (χ4n) is 4.05. The Labute approximate surface area is 255 Å². The molecule has 1 unspecified atom stereocenters. The van der Waals surface area contributed by atoms with Gasteiger partial charge in [0.25, 0.3) is 10.0 Å². The molecule has 0 aliphatic heterocycles. The van der Waals surface area contributed by atoms with Gasteiger partial charge in [-0.15, -0.1) is 0 Å². The molecule has 0 aliphatic rings. The minimum absolute atomic E-state index is 0.0106. The van der Waals surface area contributed by atoms with E-state index in [0.29, 0.717) is 23.6 Å². The van der Waals surface area contributed by atoms with Crippen molar-refractivity contribution in [2.45, 2.75) is 44.2 Å². The third kappa shape index (κ3) is 8.04. The molecule has 1 atom stereocenters. The lowest BCUT2D eigenvalue weighted by Crippen LogP contribution is -2.52. The molecule has 0 radical (unpaired) electrons. The van der Waals surface area contributed by atoms with Crippen LogP contribution in [0.25, 0.3) is 0 Å². The van der Waals surface area contributed by atoms with E-state index in [1.807, 2.05) is 6.92 Å². The lowest BCUT2D eigenvalue weighted by Gasteiger charge is -2.33. The largest absolute Gasteiger partial charge is 0.354 e. The molecule has 0 heterocycles. The van der Waals surface area contributed by atoms with E-state index in [2.05, 4.69) is 5.32 Å². The van der Waals surface area contributed by atoms with Crippen LogP contribution >= 0.6 is 46.4 Å². The van der Waals surface area contributed by atoms with Crippen molar-refractivity contribution in [3.05, 3.63) is 92.4 Å². The van der Waals surface area contributed by atoms with E-state index in [1.54, 1.807) is 43.3 Å². The first kappa shape index (κ1) is 32.0. The Bertz CT molecular complexity index is 1430. The van der Waals surface area contributed by atoms with Crippen LogP contribution < -0.4 is 9.62 Å². The van der Waals surface area contributed by atoms with Crippen molar-refractivity contribution in [3.63, 3.8) is 0 Å². The molecule has 40 heavy (non-hydrogen) atoms. The Balaban J connectivity index is 2.08. The highest BCUT2D eigenvalue weighted by Gasteiger charge is 2.34. The van der Waals surface area contributed by atoms with Gasteiger partial charge in [-0.25, -0.2) is 8.42 Å². The molecular weight excluding hydrogens is 616 g/mol. The first-order valence-corrected chi connectivity index (χ1v) is 15.5. The summed E-state index contributed by atoms with van der Waals surface area (Å²) in [6, 6.07) is 16.0. The van der Waals surface area contributed by atoms with Crippen molar-refractivity contribution in [2.75, 3.05) is 17.4 Å². The number of rotatable bonds is 12. The minimum Gasteiger partial charge on any atom is -0.354 e. The standard InChI is InChI=1S/C28H29Cl4N3O4S/c1-3-12-33-28(37)26(4-2)34(17-19-10-11-24(31)25(32)13-19)27(36)18-35(22-15-20(29)14-21(30)16-22)40(38,39)23-8-6-5-7-9-23/h5-11,13-16,26H,3-4,12,17-18H2,1-2H3,(H,33,37). The second-order valence-corrected chi connectivity index (χ2v) is 12.5. The van der Waals surface area contributed by atoms with Gasteiger partial charge in [-0.1, -0.05) is 84.5 Å². The SMILES string of the molecule is CCCNC(=O)C(CC)N(Cc1ccc(Cl)c(Cl)c1)C(=O)CN(c1cc(Cl)cc(Cl)c1)S(=O)(=O)c1ccccc1. The Hall–Kier alpha value is -2.49. The molecule has 1 N–H and O–H groups in total. The van der Waals surface area contributed by atoms with Crippen molar-refractivity contribution in [1.29, 1.82) is 0 Å². The summed E-state index contributed by atoms with van der Waals surface area (Å²) in [7, 11) is -4.24. The molecule has 0 aromatic heterocycles. The second-order valence-electron chi connectivity index (χ2n) is 8.94. The first-order valence-electron chi connectivity index (χ1n) is 12.5. The van der Waals surface area contributed by atoms with Crippen molar-refractivity contribution >= 4 is 73.9 Å². The van der Waals surface area contributed by atoms with Crippen LogP contribution in [0.3, 0.4) is 0 Å². The van der Waals surface area contributed by atoms with Gasteiger partial charge in [0.05, 0.1) is 20.6 Å². The van der Waals surface area contributed by atoms with Crippen LogP contribution in [-0.4, -0.2) is 44.3 Å². The number of hydrogen-bond acceptors (Lipinski definition) is 4. The lowest BCUT2D eigenvalue weighted by atomic mass is 10.1. The number of benzene rings is 3. The highest BCUT2D eigenvalue weighted by atomic mass is 35.5. The number of amides is 2. The molecule has 0 saturated heterocycles. The minimum atomic E-state index is -4.24. The van der Waals surface area contributed by atoms with Gasteiger partial charge in [-0.3, -0.25) is 13.9 Å². The van der Waals surface area contributed by atoms with E-state index in [0.717, 1.165) is 4.31 Å². The summed E-state index contributed by atoms with van der Waals surface area (Å²) in [6.45, 7) is 3.50. The van der Waals surface area contributed by atoms with E-state index in [4.69, 9.17) is 46.4 Å². The molecule has 0 spiro atoms. The number of carbonyl (C=O) groups excluding carboxylic acids is 2. The zero-order valence-electron chi connectivity index (χ0n) is 21.9. The molecular formula is C28H29Cl4N3O4S. The average Bonchev–Trinajstić information content (AvgIpc) is 2.92. The van der Waals surface area contributed by atoms with Crippen LogP contribution in [0, 0.1) is 0 Å². The fourth-order valence-corrected chi connectivity index (χ4v) is 6.31. The lowest BCUT2D eigenvalue weighted by molar-refractivity contribution is -0.140. The molecule has 7 nitrogen and oxygen atoms in total. The van der Waals surface area contributed by atoms with Gasteiger partial charge < -0.3 is 10.2 Å². The fraction of sp³-hybridized carbons (Fsp3) is 0.286. The maximum atomic E-state index is 14.0. The van der Waals surface area contributed by atoms with Gasteiger partial charge in [0.1, 0.15) is 12.6 Å². The Morgan fingerprint density at radius 1 is 0.875 bits per heavy atom. The number of nitrogens with one attached hydrogen (secondary N) is 1. The van der Waals surface area contributed by atoms with Crippen LogP contribution in [-0.2, 0) is 26.2 Å². The van der Waals surface area contributed by atoms with E-state index in [-0.39, 0.29) is 44.5 Å². The van der Waals surface area contributed by atoms with Gasteiger partial charge >= 0.3 is 0 Å². The molecule has 0 aliphatic carbocycles. The number of sulfonamides is 1. The van der Waals surface area contributed by atoms with Gasteiger partial charge in [-0.2, -0.15) is 0 Å². The second kappa shape index (κ2) is 14.4. The normalized spacial score (nSPS) is 12.1. The van der Waals surface area contributed by atoms with Crippen molar-refractivity contribution < 1.29 is 18.0 Å². The van der Waals surface area contributed by atoms with Crippen LogP contribution in [0.15, 0.2) is 71.6 Å². The number of halogens is 4. The van der Waals surface area contributed by atoms with Gasteiger partial charge in [0, 0.05) is 23.1 Å². The maximum Gasteiger partial charge on any atom is 0.264 e. The molecule has 0 bridgehead atoms.